The van der Waals surface area contributed by atoms with Crippen molar-refractivity contribution >= 4 is 0 Å². The van der Waals surface area contributed by atoms with Crippen molar-refractivity contribution in [2.24, 2.45) is 0 Å². The number of hydrogen-bond acceptors (Lipinski definition) is 0. The van der Waals surface area contributed by atoms with Crippen LogP contribution in [0.2, 0.25) is 4.01 Å². The van der Waals surface area contributed by atoms with Gasteiger partial charge in [0, 0.05) is 0 Å². The van der Waals surface area contributed by atoms with Crippen LogP contribution in [0.4, 0.5) is 0 Å². The van der Waals surface area contributed by atoms with E-state index in [1.807, 2.05) is 0 Å². The monoisotopic (exact) mass is 238 g/mol. The van der Waals surface area contributed by atoms with Gasteiger partial charge < -0.3 is 0 Å². The standard InChI is InChI=1S/C10H15.Rh/c1-6-7(2)9(4)10(5)8(6)3;/h1-5H3;/q;+1. The zero-order valence-corrected chi connectivity index (χ0v) is 9.47. The summed E-state index contributed by atoms with van der Waals surface area (Å²) in [6.07, 6.45) is 0. The van der Waals surface area contributed by atoms with Crippen LogP contribution < -0.4 is 0 Å². The average Bonchev–Trinajstić information content (AvgIpc) is 2.06. The molecule has 0 heterocycles. The predicted octanol–water partition coefficient (Wildman–Crippen LogP) is 3.40. The van der Waals surface area contributed by atoms with E-state index in [4.69, 9.17) is 0 Å². The third-order valence-corrected chi connectivity index (χ3v) is 4.29. The summed E-state index contributed by atoms with van der Waals surface area (Å²) in [5.41, 5.74) is 5.90. The van der Waals surface area contributed by atoms with Crippen molar-refractivity contribution in [3.63, 3.8) is 0 Å². The van der Waals surface area contributed by atoms with Crippen LogP contribution >= 0.6 is 0 Å². The molecule has 0 spiro atoms. The molecule has 0 radical (unpaired) electrons. The zero-order valence-electron chi connectivity index (χ0n) is 7.83. The quantitative estimate of drug-likeness (QED) is 0.567. The Hall–Kier alpha value is 0.103. The molecule has 0 aromatic carbocycles. The summed E-state index contributed by atoms with van der Waals surface area (Å²) >= 11 is 3.15. The van der Waals surface area contributed by atoms with Gasteiger partial charge in [0.25, 0.3) is 0 Å². The van der Waals surface area contributed by atoms with Gasteiger partial charge in [-0.25, -0.2) is 0 Å². The fourth-order valence-electron chi connectivity index (χ4n) is 1.53. The molecule has 0 aromatic heterocycles. The summed E-state index contributed by atoms with van der Waals surface area (Å²) in [6.45, 7) is 11.1. The first-order chi connectivity index (χ1) is 4.89. The molecule has 1 rings (SSSR count). The van der Waals surface area contributed by atoms with Crippen LogP contribution in [0.3, 0.4) is 0 Å². The van der Waals surface area contributed by atoms with Crippen molar-refractivity contribution in [3.8, 4) is 0 Å². The zero-order chi connectivity index (χ0) is 8.81. The van der Waals surface area contributed by atoms with Crippen LogP contribution in [0.1, 0.15) is 34.6 Å². The molecule has 0 saturated heterocycles. The molecular weight excluding hydrogens is 223 g/mol. The Bertz CT molecular complexity index is 228. The molecule has 1 heteroatoms. The molecule has 0 aliphatic heterocycles. The molecule has 0 saturated carbocycles. The molecular formula is C10H15Rh+. The molecule has 0 unspecified atom stereocenters. The molecule has 0 nitrogen and oxygen atoms in total. The van der Waals surface area contributed by atoms with Crippen LogP contribution in [-0.4, -0.2) is 0 Å². The second kappa shape index (κ2) is 2.55. The Labute approximate surface area is 79.4 Å². The summed E-state index contributed by atoms with van der Waals surface area (Å²) in [5.74, 6) is 0. The summed E-state index contributed by atoms with van der Waals surface area (Å²) < 4.78 is 0.204. The summed E-state index contributed by atoms with van der Waals surface area (Å²) in [4.78, 5) is 0. The topological polar surface area (TPSA) is 0 Å². The molecule has 0 amide bonds. The van der Waals surface area contributed by atoms with E-state index in [0.29, 0.717) is 0 Å². The average molecular weight is 238 g/mol. The molecule has 0 fully saturated rings. The Balaban J connectivity index is 3.27. The van der Waals surface area contributed by atoms with Crippen molar-refractivity contribution in [1.29, 1.82) is 0 Å². The van der Waals surface area contributed by atoms with E-state index in [9.17, 15) is 0 Å². The van der Waals surface area contributed by atoms with E-state index >= 15 is 0 Å². The van der Waals surface area contributed by atoms with Gasteiger partial charge in [-0.2, -0.15) is 0 Å². The van der Waals surface area contributed by atoms with Crippen LogP contribution in [0.25, 0.3) is 0 Å². The Kier molecular flexibility index (Phi) is 2.14. The third kappa shape index (κ3) is 1.14. The fraction of sp³-hybridized carbons (Fsp3) is 0.600. The molecule has 63 valence electrons. The Morgan fingerprint density at radius 2 is 1.18 bits per heavy atom. The van der Waals surface area contributed by atoms with Crippen molar-refractivity contribution in [3.05, 3.63) is 22.3 Å². The van der Waals surface area contributed by atoms with E-state index in [1.54, 1.807) is 0 Å². The molecule has 0 N–H and O–H groups in total. The van der Waals surface area contributed by atoms with E-state index in [2.05, 4.69) is 52.9 Å². The first-order valence-electron chi connectivity index (χ1n) is 3.92. The molecule has 0 atom stereocenters. The van der Waals surface area contributed by atoms with Gasteiger partial charge >= 0.3 is 79.2 Å². The van der Waals surface area contributed by atoms with Crippen LogP contribution in [0, 0.1) is 0 Å². The normalized spacial score (nSPS) is 23.5. The van der Waals surface area contributed by atoms with Crippen molar-refractivity contribution in [2.75, 3.05) is 0 Å². The summed E-state index contributed by atoms with van der Waals surface area (Å²) in [6, 6.07) is 0. The predicted molar refractivity (Wildman–Crippen MR) is 45.1 cm³/mol. The number of rotatable bonds is 0. The number of hydrogen-bond donors (Lipinski definition) is 0. The van der Waals surface area contributed by atoms with Gasteiger partial charge in [-0.15, -0.1) is 0 Å². The first-order valence-corrected chi connectivity index (χ1v) is 4.74. The molecule has 0 aromatic rings. The first kappa shape index (κ1) is 9.19. The summed E-state index contributed by atoms with van der Waals surface area (Å²) in [5, 5.41) is 0. The van der Waals surface area contributed by atoms with Gasteiger partial charge in [-0.05, 0) is 0 Å². The van der Waals surface area contributed by atoms with E-state index in [-0.39, 0.29) is 4.01 Å². The van der Waals surface area contributed by atoms with E-state index < -0.39 is 0 Å². The Morgan fingerprint density at radius 1 is 0.909 bits per heavy atom. The maximum atomic E-state index is 3.15. The molecule has 11 heavy (non-hydrogen) atoms. The SMILES string of the molecule is CC1=C(C)[C](C)([Rh+])C(C)=C1C. The maximum absolute atomic E-state index is 3.15. The van der Waals surface area contributed by atoms with Crippen molar-refractivity contribution in [2.45, 2.75) is 38.6 Å². The van der Waals surface area contributed by atoms with Gasteiger partial charge in [0.2, 0.25) is 0 Å². The van der Waals surface area contributed by atoms with Crippen molar-refractivity contribution < 1.29 is 18.3 Å². The Morgan fingerprint density at radius 3 is 1.27 bits per heavy atom. The fourth-order valence-corrected chi connectivity index (χ4v) is 2.15. The van der Waals surface area contributed by atoms with Crippen molar-refractivity contribution in [1.82, 2.24) is 0 Å². The molecule has 0 bridgehead atoms. The molecule has 1 aliphatic rings. The van der Waals surface area contributed by atoms with Crippen LogP contribution in [0.15, 0.2) is 22.3 Å². The van der Waals surface area contributed by atoms with Gasteiger partial charge in [-0.1, -0.05) is 0 Å². The van der Waals surface area contributed by atoms with Gasteiger partial charge in [0.05, 0.1) is 0 Å². The minimum absolute atomic E-state index is 0.204. The summed E-state index contributed by atoms with van der Waals surface area (Å²) in [7, 11) is 0. The van der Waals surface area contributed by atoms with Gasteiger partial charge in [0.15, 0.2) is 0 Å². The van der Waals surface area contributed by atoms with Crippen LogP contribution in [0.5, 0.6) is 0 Å². The van der Waals surface area contributed by atoms with Gasteiger partial charge in [0.1, 0.15) is 0 Å². The molecule has 1 aliphatic carbocycles. The van der Waals surface area contributed by atoms with Crippen LogP contribution in [-0.2, 0) is 18.3 Å². The number of allylic oxidation sites excluding steroid dienone is 4. The second-order valence-corrected chi connectivity index (χ2v) is 5.10. The minimum atomic E-state index is 0.204. The second-order valence-electron chi connectivity index (χ2n) is 3.46. The third-order valence-electron chi connectivity index (χ3n) is 3.06. The van der Waals surface area contributed by atoms with E-state index in [0.717, 1.165) is 0 Å². The van der Waals surface area contributed by atoms with E-state index in [1.165, 1.54) is 22.3 Å². The van der Waals surface area contributed by atoms with Gasteiger partial charge in [-0.3, -0.25) is 0 Å².